The molecule has 0 spiro atoms. The highest BCUT2D eigenvalue weighted by Crippen LogP contribution is 2.31. The Labute approximate surface area is 164 Å². The Kier molecular flexibility index (Phi) is 5.53. The predicted molar refractivity (Wildman–Crippen MR) is 99.8 cm³/mol. The van der Waals surface area contributed by atoms with E-state index in [1.807, 2.05) is 0 Å². The van der Waals surface area contributed by atoms with Gasteiger partial charge in [0.25, 0.3) is 0 Å². The molecule has 3 rings (SSSR count). The van der Waals surface area contributed by atoms with Gasteiger partial charge in [0, 0.05) is 35.6 Å². The summed E-state index contributed by atoms with van der Waals surface area (Å²) in [5.41, 5.74) is -1.55. The van der Waals surface area contributed by atoms with Crippen LogP contribution >= 0.6 is 11.6 Å². The average molecular weight is 409 g/mol. The van der Waals surface area contributed by atoms with E-state index in [1.54, 1.807) is 24.3 Å². The molecule has 0 aliphatic heterocycles. The summed E-state index contributed by atoms with van der Waals surface area (Å²) >= 11 is 5.95. The van der Waals surface area contributed by atoms with Gasteiger partial charge in [-0.3, -0.25) is 4.98 Å². The van der Waals surface area contributed by atoms with Crippen LogP contribution in [-0.2, 0) is 11.8 Å². The monoisotopic (exact) mass is 408 g/mol. The predicted octanol–water partition coefficient (Wildman–Crippen LogP) is 4.53. The number of benzene rings is 1. The van der Waals surface area contributed by atoms with Crippen molar-refractivity contribution in [1.29, 1.82) is 0 Å². The molecule has 146 valence electrons. The van der Waals surface area contributed by atoms with Gasteiger partial charge in [-0.25, -0.2) is 9.97 Å². The first-order chi connectivity index (χ1) is 13.1. The molecule has 0 radical (unpaired) electrons. The van der Waals surface area contributed by atoms with Crippen LogP contribution in [0.2, 0.25) is 5.02 Å². The van der Waals surface area contributed by atoms with E-state index >= 15 is 0 Å². The van der Waals surface area contributed by atoms with Gasteiger partial charge in [0.1, 0.15) is 11.4 Å². The van der Waals surface area contributed by atoms with Crippen molar-refractivity contribution >= 4 is 17.4 Å². The lowest BCUT2D eigenvalue weighted by Crippen LogP contribution is -2.31. The number of alkyl halides is 3. The molecule has 5 nitrogen and oxygen atoms in total. The minimum absolute atomic E-state index is 0.0589. The third-order valence-corrected chi connectivity index (χ3v) is 4.25. The van der Waals surface area contributed by atoms with E-state index in [0.717, 1.165) is 6.07 Å². The van der Waals surface area contributed by atoms with Gasteiger partial charge in [0.2, 0.25) is 0 Å². The summed E-state index contributed by atoms with van der Waals surface area (Å²) in [5.74, 6) is -0.154. The van der Waals surface area contributed by atoms with Gasteiger partial charge in [-0.1, -0.05) is 23.7 Å². The number of nitrogens with one attached hydrogen (secondary N) is 1. The molecule has 0 amide bonds. The maximum atomic E-state index is 13.3. The Morgan fingerprint density at radius 3 is 2.43 bits per heavy atom. The lowest BCUT2D eigenvalue weighted by atomic mass is 9.96. The topological polar surface area (TPSA) is 70.9 Å². The molecule has 2 N–H and O–H groups in total. The second-order valence-corrected chi connectivity index (χ2v) is 6.77. The van der Waals surface area contributed by atoms with E-state index in [2.05, 4.69) is 20.3 Å². The third kappa shape index (κ3) is 4.76. The van der Waals surface area contributed by atoms with E-state index in [1.165, 1.54) is 31.5 Å². The van der Waals surface area contributed by atoms with Crippen molar-refractivity contribution in [1.82, 2.24) is 15.0 Å². The van der Waals surface area contributed by atoms with Crippen LogP contribution in [0.4, 0.5) is 19.0 Å². The Balaban J connectivity index is 1.91. The fourth-order valence-electron chi connectivity index (χ4n) is 2.50. The molecule has 1 aromatic carbocycles. The minimum Gasteiger partial charge on any atom is -0.384 e. The Hall–Kier alpha value is -2.71. The van der Waals surface area contributed by atoms with Crippen molar-refractivity contribution in [3.05, 3.63) is 71.1 Å². The highest BCUT2D eigenvalue weighted by molar-refractivity contribution is 6.30. The number of halogens is 4. The molecule has 28 heavy (non-hydrogen) atoms. The number of pyridine rings is 1. The van der Waals surface area contributed by atoms with Gasteiger partial charge in [-0.2, -0.15) is 13.2 Å². The normalized spacial score (nSPS) is 13.8. The molecule has 9 heteroatoms. The zero-order chi connectivity index (χ0) is 20.4. The third-order valence-electron chi connectivity index (χ3n) is 4.02. The number of rotatable bonds is 5. The number of anilines is 1. The van der Waals surface area contributed by atoms with Crippen LogP contribution in [0.1, 0.15) is 18.2 Å². The zero-order valence-electron chi connectivity index (χ0n) is 14.7. The Morgan fingerprint density at radius 1 is 1.07 bits per heavy atom. The van der Waals surface area contributed by atoms with Crippen LogP contribution in [0, 0.1) is 0 Å². The van der Waals surface area contributed by atoms with E-state index < -0.39 is 17.5 Å². The van der Waals surface area contributed by atoms with Crippen molar-refractivity contribution in [2.45, 2.75) is 18.7 Å². The first-order valence-electron chi connectivity index (χ1n) is 8.24. The van der Waals surface area contributed by atoms with E-state index in [9.17, 15) is 18.3 Å². The number of aromatic nitrogens is 3. The molecule has 2 aromatic heterocycles. The first-order valence-corrected chi connectivity index (χ1v) is 8.62. The molecule has 0 saturated heterocycles. The molecule has 0 fully saturated rings. The largest absolute Gasteiger partial charge is 0.433 e. The Bertz CT molecular complexity index is 965. The quantitative estimate of drug-likeness (QED) is 0.649. The van der Waals surface area contributed by atoms with Crippen LogP contribution in [0.15, 0.2) is 54.9 Å². The maximum absolute atomic E-state index is 13.3. The van der Waals surface area contributed by atoms with Crippen LogP contribution in [-0.4, -0.2) is 26.6 Å². The summed E-state index contributed by atoms with van der Waals surface area (Å²) in [5, 5.41) is 13.9. The molecular formula is C19H16ClF3N4O. The van der Waals surface area contributed by atoms with Crippen LogP contribution in [0.25, 0.3) is 11.4 Å². The number of aliphatic hydroxyl groups is 1. The molecule has 0 saturated carbocycles. The molecule has 1 unspecified atom stereocenters. The summed E-state index contributed by atoms with van der Waals surface area (Å²) in [6.45, 7) is 1.44. The van der Waals surface area contributed by atoms with Crippen LogP contribution < -0.4 is 5.32 Å². The van der Waals surface area contributed by atoms with Gasteiger partial charge in [0.15, 0.2) is 11.5 Å². The van der Waals surface area contributed by atoms with Gasteiger partial charge >= 0.3 is 6.18 Å². The molecule has 1 atom stereocenters. The SMILES string of the molecule is CC(O)(CNc1cc(C(F)(F)F)nc(-c2ccncc2)n1)c1cccc(Cl)c1. The highest BCUT2D eigenvalue weighted by atomic mass is 35.5. The zero-order valence-corrected chi connectivity index (χ0v) is 15.5. The summed E-state index contributed by atoms with van der Waals surface area (Å²) in [7, 11) is 0. The van der Waals surface area contributed by atoms with Crippen molar-refractivity contribution in [3.8, 4) is 11.4 Å². The van der Waals surface area contributed by atoms with Crippen molar-refractivity contribution in [2.24, 2.45) is 0 Å². The van der Waals surface area contributed by atoms with E-state index in [4.69, 9.17) is 11.6 Å². The van der Waals surface area contributed by atoms with E-state index in [0.29, 0.717) is 16.1 Å². The average Bonchev–Trinajstić information content (AvgIpc) is 2.66. The van der Waals surface area contributed by atoms with Gasteiger partial charge in [0.05, 0.1) is 0 Å². The molecule has 0 aliphatic rings. The number of hydrogen-bond donors (Lipinski definition) is 2. The van der Waals surface area contributed by atoms with Crippen molar-refractivity contribution in [2.75, 3.05) is 11.9 Å². The second kappa shape index (κ2) is 7.73. The van der Waals surface area contributed by atoms with E-state index in [-0.39, 0.29) is 18.2 Å². The summed E-state index contributed by atoms with van der Waals surface area (Å²) in [6.07, 6.45) is -1.76. The summed E-state index contributed by atoms with van der Waals surface area (Å²) in [4.78, 5) is 11.6. The van der Waals surface area contributed by atoms with Gasteiger partial charge in [-0.05, 0) is 36.8 Å². The van der Waals surface area contributed by atoms with Crippen LogP contribution in [0.3, 0.4) is 0 Å². The summed E-state index contributed by atoms with van der Waals surface area (Å²) < 4.78 is 39.8. The fraction of sp³-hybridized carbons (Fsp3) is 0.211. The van der Waals surface area contributed by atoms with Crippen LogP contribution in [0.5, 0.6) is 0 Å². The molecular weight excluding hydrogens is 393 g/mol. The minimum atomic E-state index is -4.64. The maximum Gasteiger partial charge on any atom is 0.433 e. The smallest absolute Gasteiger partial charge is 0.384 e. The molecule has 0 aliphatic carbocycles. The standard InChI is InChI=1S/C19H16ClF3N4O/c1-18(28,13-3-2-4-14(20)9-13)11-25-16-10-15(19(21,22)23)26-17(27-16)12-5-7-24-8-6-12/h2-10,28H,11H2,1H3,(H,25,26,27). The van der Waals surface area contributed by atoms with Crippen molar-refractivity contribution < 1.29 is 18.3 Å². The molecule has 2 heterocycles. The number of hydrogen-bond acceptors (Lipinski definition) is 5. The highest BCUT2D eigenvalue weighted by Gasteiger charge is 2.34. The van der Waals surface area contributed by atoms with Crippen molar-refractivity contribution in [3.63, 3.8) is 0 Å². The lowest BCUT2D eigenvalue weighted by Gasteiger charge is -2.25. The molecule has 3 aromatic rings. The van der Waals surface area contributed by atoms with Gasteiger partial charge in [-0.15, -0.1) is 0 Å². The second-order valence-electron chi connectivity index (χ2n) is 6.33. The lowest BCUT2D eigenvalue weighted by molar-refractivity contribution is -0.141. The Morgan fingerprint density at radius 2 is 1.79 bits per heavy atom. The summed E-state index contributed by atoms with van der Waals surface area (Å²) in [6, 6.07) is 10.4. The first kappa shape index (κ1) is 20.0. The molecule has 0 bridgehead atoms. The van der Waals surface area contributed by atoms with Gasteiger partial charge < -0.3 is 10.4 Å². The fourth-order valence-corrected chi connectivity index (χ4v) is 2.69. The number of nitrogens with zero attached hydrogens (tertiary/aromatic N) is 3.